The molecule has 1 aliphatic rings. The third-order valence-electron chi connectivity index (χ3n) is 3.75. The van der Waals surface area contributed by atoms with Crippen molar-refractivity contribution >= 4 is 10.9 Å². The van der Waals surface area contributed by atoms with Crippen LogP contribution < -0.4 is 0 Å². The van der Waals surface area contributed by atoms with E-state index < -0.39 is 0 Å². The Balaban J connectivity index is 2.26. The number of H-pyrrole nitrogens is 1. The summed E-state index contributed by atoms with van der Waals surface area (Å²) in [5.41, 5.74) is 5.34. The van der Waals surface area contributed by atoms with Crippen molar-refractivity contribution in [3.05, 3.63) is 29.2 Å². The van der Waals surface area contributed by atoms with Crippen LogP contribution >= 0.6 is 0 Å². The first kappa shape index (κ1) is 9.85. The molecule has 1 aliphatic heterocycles. The number of likely N-dealkylation sites (N-methyl/N-ethyl adjacent to an activating group) is 1. The number of nitrogens with one attached hydrogen (secondary N) is 1. The summed E-state index contributed by atoms with van der Waals surface area (Å²) in [4.78, 5) is 10.1. The van der Waals surface area contributed by atoms with E-state index in [0.717, 1.165) is 13.0 Å². The van der Waals surface area contributed by atoms with Crippen LogP contribution in [0.15, 0.2) is 12.4 Å². The summed E-state index contributed by atoms with van der Waals surface area (Å²) in [6.07, 6.45) is 5.03. The number of aromatic amines is 1. The van der Waals surface area contributed by atoms with Crippen LogP contribution in [0.5, 0.6) is 0 Å². The van der Waals surface area contributed by atoms with Crippen molar-refractivity contribution in [1.29, 1.82) is 0 Å². The highest BCUT2D eigenvalue weighted by Gasteiger charge is 2.23. The number of rotatable bonds is 0. The van der Waals surface area contributed by atoms with Crippen LogP contribution in [0.2, 0.25) is 0 Å². The van der Waals surface area contributed by atoms with Gasteiger partial charge in [0.15, 0.2) is 0 Å². The first-order valence-electron chi connectivity index (χ1n) is 5.81. The van der Waals surface area contributed by atoms with E-state index in [1.165, 1.54) is 27.7 Å². The number of aromatic nitrogens is 2. The molecule has 0 saturated heterocycles. The first-order valence-corrected chi connectivity index (χ1v) is 5.81. The number of nitrogens with zero attached hydrogens (tertiary/aromatic N) is 2. The lowest BCUT2D eigenvalue weighted by Gasteiger charge is -2.29. The number of fused-ring (bicyclic) bond motifs is 3. The molecule has 2 aromatic heterocycles. The molecule has 3 heterocycles. The fraction of sp³-hybridized carbons (Fsp3) is 0.462. The van der Waals surface area contributed by atoms with Crippen LogP contribution in [-0.4, -0.2) is 28.0 Å². The van der Waals surface area contributed by atoms with Gasteiger partial charge in [0.1, 0.15) is 0 Å². The molecular formula is C13H17N3. The Labute approximate surface area is 95.5 Å². The Bertz CT molecular complexity index is 541. The van der Waals surface area contributed by atoms with Gasteiger partial charge in [-0.1, -0.05) is 0 Å². The molecule has 1 N–H and O–H groups in total. The fourth-order valence-corrected chi connectivity index (χ4v) is 2.67. The Morgan fingerprint density at radius 1 is 1.44 bits per heavy atom. The SMILES string of the molecule is Cc1cncc2[nH]c3c(c12)C[C@H](C)N(C)C3. The number of hydrogen-bond donors (Lipinski definition) is 1. The van der Waals surface area contributed by atoms with Crippen molar-refractivity contribution in [3.63, 3.8) is 0 Å². The van der Waals surface area contributed by atoms with E-state index in [0.29, 0.717) is 6.04 Å². The maximum atomic E-state index is 4.25. The summed E-state index contributed by atoms with van der Waals surface area (Å²) in [5, 5.41) is 1.39. The molecule has 16 heavy (non-hydrogen) atoms. The zero-order valence-corrected chi connectivity index (χ0v) is 10.0. The highest BCUT2D eigenvalue weighted by molar-refractivity contribution is 5.87. The average Bonchev–Trinajstić information content (AvgIpc) is 2.58. The molecule has 2 aromatic rings. The maximum absolute atomic E-state index is 4.25. The molecule has 0 spiro atoms. The molecule has 0 radical (unpaired) electrons. The molecule has 0 aliphatic carbocycles. The normalized spacial score (nSPS) is 21.3. The third kappa shape index (κ3) is 1.28. The minimum Gasteiger partial charge on any atom is -0.356 e. The average molecular weight is 215 g/mol. The molecule has 84 valence electrons. The monoisotopic (exact) mass is 215 g/mol. The van der Waals surface area contributed by atoms with Crippen molar-refractivity contribution < 1.29 is 0 Å². The van der Waals surface area contributed by atoms with Gasteiger partial charge in [-0.2, -0.15) is 0 Å². The summed E-state index contributed by atoms with van der Waals surface area (Å²) in [7, 11) is 2.18. The number of pyridine rings is 1. The quantitative estimate of drug-likeness (QED) is 0.731. The lowest BCUT2D eigenvalue weighted by molar-refractivity contribution is 0.229. The smallest absolute Gasteiger partial charge is 0.0648 e. The van der Waals surface area contributed by atoms with Crippen LogP contribution in [0, 0.1) is 6.92 Å². The zero-order valence-electron chi connectivity index (χ0n) is 10.0. The fourth-order valence-electron chi connectivity index (χ4n) is 2.67. The Kier molecular flexibility index (Phi) is 2.04. The minimum absolute atomic E-state index is 0.624. The largest absolute Gasteiger partial charge is 0.356 e. The molecule has 0 aromatic carbocycles. The second-order valence-corrected chi connectivity index (χ2v) is 4.93. The molecule has 3 rings (SSSR count). The van der Waals surface area contributed by atoms with E-state index in [1.54, 1.807) is 0 Å². The van der Waals surface area contributed by atoms with Gasteiger partial charge in [0.2, 0.25) is 0 Å². The summed E-state index contributed by atoms with van der Waals surface area (Å²) in [5.74, 6) is 0. The molecule has 1 atom stereocenters. The molecule has 3 heteroatoms. The van der Waals surface area contributed by atoms with Gasteiger partial charge < -0.3 is 4.98 Å². The molecule has 3 nitrogen and oxygen atoms in total. The lowest BCUT2D eigenvalue weighted by Crippen LogP contribution is -2.34. The van der Waals surface area contributed by atoms with Crippen LogP contribution in [0.4, 0.5) is 0 Å². The zero-order chi connectivity index (χ0) is 11.3. The van der Waals surface area contributed by atoms with Crippen LogP contribution in [0.1, 0.15) is 23.7 Å². The second kappa shape index (κ2) is 3.32. The molecule has 0 saturated carbocycles. The van der Waals surface area contributed by atoms with Crippen LogP contribution in [0.3, 0.4) is 0 Å². The van der Waals surface area contributed by atoms with E-state index in [4.69, 9.17) is 0 Å². The van der Waals surface area contributed by atoms with E-state index in [1.807, 2.05) is 12.4 Å². The number of aryl methyl sites for hydroxylation is 1. The molecule has 0 fully saturated rings. The van der Waals surface area contributed by atoms with Crippen LogP contribution in [-0.2, 0) is 13.0 Å². The van der Waals surface area contributed by atoms with Gasteiger partial charge >= 0.3 is 0 Å². The van der Waals surface area contributed by atoms with Gasteiger partial charge in [0.25, 0.3) is 0 Å². The van der Waals surface area contributed by atoms with Gasteiger partial charge in [0, 0.05) is 29.9 Å². The van der Waals surface area contributed by atoms with Crippen molar-refractivity contribution in [2.24, 2.45) is 0 Å². The van der Waals surface area contributed by atoms with Gasteiger partial charge in [-0.3, -0.25) is 9.88 Å². The standard InChI is InChI=1S/C13H17N3/c1-8-5-14-6-11-13(8)10-4-9(2)16(3)7-12(10)15-11/h5-6,9,15H,4,7H2,1-3H3/t9-/m0/s1. The van der Waals surface area contributed by atoms with E-state index in [2.05, 4.69) is 35.8 Å². The van der Waals surface area contributed by atoms with E-state index >= 15 is 0 Å². The molecule has 0 unspecified atom stereocenters. The van der Waals surface area contributed by atoms with Gasteiger partial charge in [-0.15, -0.1) is 0 Å². The van der Waals surface area contributed by atoms with Gasteiger partial charge in [-0.25, -0.2) is 0 Å². The number of hydrogen-bond acceptors (Lipinski definition) is 2. The van der Waals surface area contributed by atoms with Crippen molar-refractivity contribution in [2.75, 3.05) is 7.05 Å². The highest BCUT2D eigenvalue weighted by atomic mass is 15.1. The lowest BCUT2D eigenvalue weighted by atomic mass is 9.97. The summed E-state index contributed by atoms with van der Waals surface area (Å²) in [6, 6.07) is 0.624. The predicted molar refractivity (Wildman–Crippen MR) is 65.5 cm³/mol. The summed E-state index contributed by atoms with van der Waals surface area (Å²) < 4.78 is 0. The van der Waals surface area contributed by atoms with Crippen LogP contribution in [0.25, 0.3) is 10.9 Å². The molecular weight excluding hydrogens is 198 g/mol. The first-order chi connectivity index (χ1) is 7.66. The Morgan fingerprint density at radius 2 is 2.25 bits per heavy atom. The predicted octanol–water partition coefficient (Wildman–Crippen LogP) is 2.25. The van der Waals surface area contributed by atoms with Crippen molar-refractivity contribution in [1.82, 2.24) is 14.9 Å². The maximum Gasteiger partial charge on any atom is 0.0648 e. The third-order valence-corrected chi connectivity index (χ3v) is 3.75. The minimum atomic E-state index is 0.624. The molecule has 0 bridgehead atoms. The topological polar surface area (TPSA) is 31.9 Å². The van der Waals surface area contributed by atoms with Gasteiger partial charge in [0.05, 0.1) is 11.7 Å². The van der Waals surface area contributed by atoms with Crippen molar-refractivity contribution in [3.8, 4) is 0 Å². The van der Waals surface area contributed by atoms with Gasteiger partial charge in [-0.05, 0) is 38.4 Å². The summed E-state index contributed by atoms with van der Waals surface area (Å²) in [6.45, 7) is 5.45. The van der Waals surface area contributed by atoms with E-state index in [-0.39, 0.29) is 0 Å². The molecule has 0 amide bonds. The highest BCUT2D eigenvalue weighted by Crippen LogP contribution is 2.30. The Morgan fingerprint density at radius 3 is 3.06 bits per heavy atom. The summed E-state index contributed by atoms with van der Waals surface area (Å²) >= 11 is 0. The van der Waals surface area contributed by atoms with Crippen molar-refractivity contribution in [2.45, 2.75) is 32.9 Å². The van der Waals surface area contributed by atoms with E-state index in [9.17, 15) is 0 Å². The second-order valence-electron chi connectivity index (χ2n) is 4.93. The Hall–Kier alpha value is -1.35.